The van der Waals surface area contributed by atoms with Crippen LogP contribution in [0.1, 0.15) is 22.3 Å². The molecule has 0 aliphatic carbocycles. The molecule has 40 heavy (non-hydrogen) atoms. The van der Waals surface area contributed by atoms with Gasteiger partial charge in [0.05, 0.1) is 15.6 Å². The molecule has 0 atom stereocenters. The predicted molar refractivity (Wildman–Crippen MR) is 165 cm³/mol. The van der Waals surface area contributed by atoms with Gasteiger partial charge in [0.2, 0.25) is 5.91 Å². The van der Waals surface area contributed by atoms with E-state index in [1.165, 1.54) is 12.7 Å². The van der Waals surface area contributed by atoms with Crippen LogP contribution in [0.2, 0.25) is 10.0 Å². The van der Waals surface area contributed by atoms with Crippen molar-refractivity contribution in [2.75, 3.05) is 20.2 Å². The first kappa shape index (κ1) is 28.8. The molecular weight excluding hydrogens is 686 g/mol. The molecule has 0 bridgehead atoms. The second-order valence-corrected chi connectivity index (χ2v) is 12.2. The lowest BCUT2D eigenvalue weighted by molar-refractivity contribution is -0.136. The molecule has 206 valence electrons. The smallest absolute Gasteiger partial charge is 0.294 e. The zero-order valence-corrected chi connectivity index (χ0v) is 25.8. The summed E-state index contributed by atoms with van der Waals surface area (Å²) in [5.41, 5.74) is 3.73. The van der Waals surface area contributed by atoms with Crippen molar-refractivity contribution in [1.29, 1.82) is 0 Å². The molecule has 2 heterocycles. The maximum atomic E-state index is 13.1. The average molecular weight is 709 g/mol. The van der Waals surface area contributed by atoms with E-state index in [0.29, 0.717) is 40.2 Å². The van der Waals surface area contributed by atoms with E-state index in [0.717, 1.165) is 37.8 Å². The van der Waals surface area contributed by atoms with E-state index in [4.69, 9.17) is 32.7 Å². The van der Waals surface area contributed by atoms with E-state index >= 15 is 0 Å². The highest BCUT2D eigenvalue weighted by molar-refractivity contribution is 14.1. The number of halogens is 3. The lowest BCUT2D eigenvalue weighted by Gasteiger charge is -2.29. The lowest BCUT2D eigenvalue weighted by Crippen LogP contribution is -2.44. The molecule has 7 nitrogen and oxygen atoms in total. The fourth-order valence-electron chi connectivity index (χ4n) is 4.48. The number of fused-ring (bicyclic) bond motifs is 1. The summed E-state index contributed by atoms with van der Waals surface area (Å²) in [5, 5.41) is 0.567. The Hall–Kier alpha value is -2.73. The molecule has 1 fully saturated rings. The third kappa shape index (κ3) is 6.27. The maximum absolute atomic E-state index is 13.1. The van der Waals surface area contributed by atoms with Gasteiger partial charge < -0.3 is 14.4 Å². The summed E-state index contributed by atoms with van der Waals surface area (Å²) >= 11 is 15.2. The summed E-state index contributed by atoms with van der Waals surface area (Å²) in [7, 11) is 1.52. The number of carbonyl (C=O) groups is 3. The van der Waals surface area contributed by atoms with Crippen molar-refractivity contribution in [1.82, 2.24) is 9.80 Å². The molecule has 3 aromatic rings. The first-order valence-corrected chi connectivity index (χ1v) is 14.9. The SMILES string of the molecule is COc1cc(/C=C2\SC(=O)N(CC(=O)N3CCc4ccccc4C3)C2=O)cc(I)c1OCc1ccc(Cl)cc1Cl. The molecule has 0 unspecified atom stereocenters. The number of hydrogen-bond donors (Lipinski definition) is 0. The van der Waals surface area contributed by atoms with Crippen LogP contribution in [0.25, 0.3) is 6.08 Å². The number of rotatable bonds is 7. The van der Waals surface area contributed by atoms with Crippen LogP contribution in [0.15, 0.2) is 59.5 Å². The van der Waals surface area contributed by atoms with Crippen LogP contribution in [0.4, 0.5) is 4.79 Å². The topological polar surface area (TPSA) is 76.2 Å². The van der Waals surface area contributed by atoms with E-state index in [1.54, 1.807) is 35.2 Å². The van der Waals surface area contributed by atoms with Crippen LogP contribution >= 0.6 is 57.6 Å². The monoisotopic (exact) mass is 708 g/mol. The number of ether oxygens (including phenoxy) is 2. The number of hydrogen-bond acceptors (Lipinski definition) is 6. The highest BCUT2D eigenvalue weighted by Crippen LogP contribution is 2.38. The van der Waals surface area contributed by atoms with E-state index < -0.39 is 11.1 Å². The average Bonchev–Trinajstić information content (AvgIpc) is 3.19. The second-order valence-electron chi connectivity index (χ2n) is 9.16. The normalized spacial score (nSPS) is 15.9. The van der Waals surface area contributed by atoms with Gasteiger partial charge in [0.15, 0.2) is 11.5 Å². The minimum atomic E-state index is -0.493. The highest BCUT2D eigenvalue weighted by atomic mass is 127. The van der Waals surface area contributed by atoms with Crippen LogP contribution < -0.4 is 9.47 Å². The van der Waals surface area contributed by atoms with Crippen molar-refractivity contribution in [2.45, 2.75) is 19.6 Å². The Kier molecular flexibility index (Phi) is 8.94. The van der Waals surface area contributed by atoms with Crippen LogP contribution in [0.3, 0.4) is 0 Å². The van der Waals surface area contributed by atoms with Gasteiger partial charge in [0.25, 0.3) is 11.1 Å². The summed E-state index contributed by atoms with van der Waals surface area (Å²) < 4.78 is 12.3. The summed E-state index contributed by atoms with van der Waals surface area (Å²) in [4.78, 5) is 41.8. The van der Waals surface area contributed by atoms with Crippen molar-refractivity contribution in [3.63, 3.8) is 0 Å². The second kappa shape index (κ2) is 12.4. The minimum absolute atomic E-state index is 0.206. The van der Waals surface area contributed by atoms with Crippen LogP contribution in [-0.2, 0) is 29.2 Å². The van der Waals surface area contributed by atoms with Gasteiger partial charge >= 0.3 is 0 Å². The van der Waals surface area contributed by atoms with E-state index in [2.05, 4.69) is 28.7 Å². The Morgan fingerprint density at radius 3 is 2.62 bits per heavy atom. The highest BCUT2D eigenvalue weighted by Gasteiger charge is 2.37. The molecule has 2 aliphatic heterocycles. The molecule has 11 heteroatoms. The molecule has 3 aromatic carbocycles. The first-order valence-electron chi connectivity index (χ1n) is 12.3. The van der Waals surface area contributed by atoms with Crippen molar-refractivity contribution in [3.05, 3.63) is 95.4 Å². The number of thioether (sulfide) groups is 1. The van der Waals surface area contributed by atoms with Crippen molar-refractivity contribution >= 4 is 80.7 Å². The Morgan fingerprint density at radius 1 is 1.10 bits per heavy atom. The van der Waals surface area contributed by atoms with Crippen LogP contribution in [0.5, 0.6) is 11.5 Å². The molecule has 0 aromatic heterocycles. The van der Waals surface area contributed by atoms with Crippen molar-refractivity contribution in [2.24, 2.45) is 0 Å². The number of benzene rings is 3. The van der Waals surface area contributed by atoms with Gasteiger partial charge in [-0.3, -0.25) is 19.3 Å². The molecule has 0 saturated carbocycles. The standard InChI is InChI=1S/C29H23Cl2IN2O5S/c1-38-24-11-17(10-23(32)27(24)39-16-20-6-7-21(30)13-22(20)31)12-25-28(36)34(29(37)40-25)15-26(35)33-9-8-18-4-2-3-5-19(18)14-33/h2-7,10-13H,8-9,14-16H2,1H3/b25-12-. The molecule has 0 spiro atoms. The summed E-state index contributed by atoms with van der Waals surface area (Å²) in [6.07, 6.45) is 2.37. The number of nitrogens with zero attached hydrogens (tertiary/aromatic N) is 2. The molecule has 5 rings (SSSR count). The van der Waals surface area contributed by atoms with Crippen molar-refractivity contribution in [3.8, 4) is 11.5 Å². The Balaban J connectivity index is 1.28. The van der Waals surface area contributed by atoms with Crippen LogP contribution in [-0.4, -0.2) is 47.1 Å². The van der Waals surface area contributed by atoms with Crippen molar-refractivity contribution < 1.29 is 23.9 Å². The Morgan fingerprint density at radius 2 is 1.88 bits per heavy atom. The Labute approximate surface area is 259 Å². The molecule has 2 aliphatic rings. The van der Waals surface area contributed by atoms with Gasteiger partial charge in [-0.05, 0) is 87.8 Å². The molecule has 0 N–H and O–H groups in total. The largest absolute Gasteiger partial charge is 0.493 e. The third-order valence-corrected chi connectivity index (χ3v) is 8.88. The Bertz CT molecular complexity index is 1550. The van der Waals surface area contributed by atoms with Gasteiger partial charge in [-0.15, -0.1) is 0 Å². The third-order valence-electron chi connectivity index (χ3n) is 6.59. The number of methoxy groups -OCH3 is 1. The maximum Gasteiger partial charge on any atom is 0.294 e. The summed E-state index contributed by atoms with van der Waals surface area (Å²) in [6, 6.07) is 16.7. The summed E-state index contributed by atoms with van der Waals surface area (Å²) in [6.45, 7) is 0.943. The fraction of sp³-hybridized carbons (Fsp3) is 0.207. The first-order chi connectivity index (χ1) is 19.2. The van der Waals surface area contributed by atoms with Crippen LogP contribution in [0, 0.1) is 3.57 Å². The lowest BCUT2D eigenvalue weighted by atomic mass is 10.00. The van der Waals surface area contributed by atoms with Gasteiger partial charge in [-0.25, -0.2) is 0 Å². The number of imide groups is 1. The minimum Gasteiger partial charge on any atom is -0.493 e. The van der Waals surface area contributed by atoms with E-state index in [-0.39, 0.29) is 24.0 Å². The molecule has 3 amide bonds. The summed E-state index contributed by atoms with van der Waals surface area (Å²) in [5.74, 6) is 0.236. The quantitative estimate of drug-likeness (QED) is 0.199. The van der Waals surface area contributed by atoms with E-state index in [1.807, 2.05) is 24.3 Å². The molecule has 0 radical (unpaired) electrons. The zero-order valence-electron chi connectivity index (χ0n) is 21.3. The van der Waals surface area contributed by atoms with E-state index in [9.17, 15) is 14.4 Å². The number of carbonyl (C=O) groups excluding carboxylic acids is 3. The predicted octanol–water partition coefficient (Wildman–Crippen LogP) is 6.81. The fourth-order valence-corrected chi connectivity index (χ4v) is 6.57. The van der Waals surface area contributed by atoms with Gasteiger partial charge in [0, 0.05) is 28.7 Å². The van der Waals surface area contributed by atoms with Gasteiger partial charge in [-0.2, -0.15) is 0 Å². The number of amides is 3. The zero-order chi connectivity index (χ0) is 28.4. The molecular formula is C29H23Cl2IN2O5S. The molecule has 1 saturated heterocycles. The van der Waals surface area contributed by atoms with Gasteiger partial charge in [0.1, 0.15) is 13.2 Å². The van der Waals surface area contributed by atoms with Gasteiger partial charge in [-0.1, -0.05) is 53.5 Å².